The lowest BCUT2D eigenvalue weighted by molar-refractivity contribution is 0.261. The van der Waals surface area contributed by atoms with Crippen molar-refractivity contribution in [2.45, 2.75) is 39.3 Å². The highest BCUT2D eigenvalue weighted by Gasteiger charge is 2.21. The number of aromatic nitrogens is 2. The standard InChI is InChI=1S/C23H25N3O/c1-2-22-24-21-9-6-14-26(15-17-7-4-3-5-8-17)16-20(21)23(25-22)18-10-12-19(27)13-11-18/h3-5,7-8,10-13,27H,2,6,9,14-16H2,1H3. The number of aromatic hydroxyl groups is 1. The average molecular weight is 359 g/mol. The van der Waals surface area contributed by atoms with Gasteiger partial charge < -0.3 is 5.11 Å². The first-order chi connectivity index (χ1) is 13.2. The number of fused-ring (bicyclic) bond motifs is 1. The maximum absolute atomic E-state index is 9.65. The van der Waals surface area contributed by atoms with Gasteiger partial charge in [0.15, 0.2) is 0 Å². The summed E-state index contributed by atoms with van der Waals surface area (Å²) in [7, 11) is 0. The Kier molecular flexibility index (Phi) is 5.16. The van der Waals surface area contributed by atoms with Gasteiger partial charge in [0.05, 0.1) is 5.69 Å². The molecule has 3 aromatic rings. The van der Waals surface area contributed by atoms with Crippen LogP contribution in [0.15, 0.2) is 54.6 Å². The molecule has 27 heavy (non-hydrogen) atoms. The first-order valence-corrected chi connectivity index (χ1v) is 9.67. The second-order valence-corrected chi connectivity index (χ2v) is 7.11. The van der Waals surface area contributed by atoms with E-state index in [2.05, 4.69) is 42.2 Å². The van der Waals surface area contributed by atoms with E-state index in [1.165, 1.54) is 16.8 Å². The van der Waals surface area contributed by atoms with Crippen molar-refractivity contribution < 1.29 is 5.11 Å². The number of nitrogens with zero attached hydrogens (tertiary/aromatic N) is 3. The zero-order valence-electron chi connectivity index (χ0n) is 15.7. The molecule has 1 aliphatic rings. The molecule has 0 amide bonds. The maximum Gasteiger partial charge on any atom is 0.129 e. The molecule has 0 bridgehead atoms. The Bertz CT molecular complexity index is 907. The fourth-order valence-electron chi connectivity index (χ4n) is 3.72. The molecule has 1 aliphatic heterocycles. The van der Waals surface area contributed by atoms with Crippen LogP contribution in [-0.4, -0.2) is 26.5 Å². The van der Waals surface area contributed by atoms with Crippen LogP contribution in [0.3, 0.4) is 0 Å². The summed E-state index contributed by atoms with van der Waals surface area (Å²) in [6.45, 7) is 4.94. The number of phenols is 1. The number of hydrogen-bond acceptors (Lipinski definition) is 4. The normalized spacial score (nSPS) is 14.6. The van der Waals surface area contributed by atoms with E-state index in [9.17, 15) is 5.11 Å². The predicted octanol–water partition coefficient (Wildman–Crippen LogP) is 4.36. The van der Waals surface area contributed by atoms with Gasteiger partial charge in [0, 0.05) is 36.3 Å². The third-order valence-electron chi connectivity index (χ3n) is 5.11. The van der Waals surface area contributed by atoms with E-state index >= 15 is 0 Å². The SMILES string of the molecule is CCc1nc2c(c(-c3ccc(O)cc3)n1)CN(Cc1ccccc1)CCC2. The summed E-state index contributed by atoms with van der Waals surface area (Å²) < 4.78 is 0. The minimum Gasteiger partial charge on any atom is -0.508 e. The lowest BCUT2D eigenvalue weighted by Crippen LogP contribution is -2.23. The first kappa shape index (κ1) is 17.7. The van der Waals surface area contributed by atoms with E-state index in [0.717, 1.165) is 56.0 Å². The molecule has 0 radical (unpaired) electrons. The van der Waals surface area contributed by atoms with E-state index in [1.807, 2.05) is 12.1 Å². The van der Waals surface area contributed by atoms with Crippen molar-refractivity contribution in [3.05, 3.63) is 77.2 Å². The lowest BCUT2D eigenvalue weighted by Gasteiger charge is -2.22. The minimum absolute atomic E-state index is 0.278. The Hall–Kier alpha value is -2.72. The predicted molar refractivity (Wildman–Crippen MR) is 107 cm³/mol. The Morgan fingerprint density at radius 1 is 1.00 bits per heavy atom. The number of phenolic OH excluding ortho intramolecular Hbond substituents is 1. The van der Waals surface area contributed by atoms with Gasteiger partial charge in [0.2, 0.25) is 0 Å². The van der Waals surface area contributed by atoms with Crippen LogP contribution in [0.1, 0.15) is 36.0 Å². The van der Waals surface area contributed by atoms with Crippen molar-refractivity contribution in [3.8, 4) is 17.0 Å². The molecule has 4 rings (SSSR count). The van der Waals surface area contributed by atoms with Crippen LogP contribution in [0, 0.1) is 0 Å². The van der Waals surface area contributed by atoms with Crippen molar-refractivity contribution in [2.24, 2.45) is 0 Å². The molecule has 0 saturated carbocycles. The molecule has 4 nitrogen and oxygen atoms in total. The van der Waals surface area contributed by atoms with Crippen LogP contribution in [0.2, 0.25) is 0 Å². The summed E-state index contributed by atoms with van der Waals surface area (Å²) in [5, 5.41) is 9.65. The van der Waals surface area contributed by atoms with E-state index in [0.29, 0.717) is 0 Å². The smallest absolute Gasteiger partial charge is 0.129 e. The molecule has 2 heterocycles. The number of rotatable bonds is 4. The molecule has 1 aromatic heterocycles. The Morgan fingerprint density at radius 3 is 2.52 bits per heavy atom. The fraction of sp³-hybridized carbons (Fsp3) is 0.304. The molecular weight excluding hydrogens is 334 g/mol. The highest BCUT2D eigenvalue weighted by Crippen LogP contribution is 2.29. The Morgan fingerprint density at radius 2 is 1.78 bits per heavy atom. The molecule has 0 unspecified atom stereocenters. The van der Waals surface area contributed by atoms with Crippen molar-refractivity contribution >= 4 is 0 Å². The zero-order chi connectivity index (χ0) is 18.6. The average Bonchev–Trinajstić information content (AvgIpc) is 2.90. The van der Waals surface area contributed by atoms with Gasteiger partial charge in [-0.2, -0.15) is 0 Å². The monoisotopic (exact) mass is 359 g/mol. The quantitative estimate of drug-likeness (QED) is 0.752. The molecule has 4 heteroatoms. The summed E-state index contributed by atoms with van der Waals surface area (Å²) >= 11 is 0. The second kappa shape index (κ2) is 7.89. The third-order valence-corrected chi connectivity index (χ3v) is 5.11. The van der Waals surface area contributed by atoms with Crippen LogP contribution < -0.4 is 0 Å². The minimum atomic E-state index is 0.278. The van der Waals surface area contributed by atoms with E-state index in [1.54, 1.807) is 12.1 Å². The summed E-state index contributed by atoms with van der Waals surface area (Å²) in [5.41, 5.74) is 5.80. The van der Waals surface area contributed by atoms with Crippen molar-refractivity contribution in [2.75, 3.05) is 6.54 Å². The largest absolute Gasteiger partial charge is 0.508 e. The van der Waals surface area contributed by atoms with Crippen molar-refractivity contribution in [1.29, 1.82) is 0 Å². The van der Waals surface area contributed by atoms with Gasteiger partial charge >= 0.3 is 0 Å². The molecule has 2 aromatic carbocycles. The summed E-state index contributed by atoms with van der Waals surface area (Å²) in [5.74, 6) is 1.17. The van der Waals surface area contributed by atoms with E-state index in [-0.39, 0.29) is 5.75 Å². The Balaban J connectivity index is 1.72. The van der Waals surface area contributed by atoms with Gasteiger partial charge in [-0.15, -0.1) is 0 Å². The van der Waals surface area contributed by atoms with Gasteiger partial charge in [-0.25, -0.2) is 9.97 Å². The zero-order valence-corrected chi connectivity index (χ0v) is 15.7. The molecule has 138 valence electrons. The molecule has 1 N–H and O–H groups in total. The molecule has 0 saturated heterocycles. The van der Waals surface area contributed by atoms with E-state index in [4.69, 9.17) is 9.97 Å². The third kappa shape index (κ3) is 4.01. The van der Waals surface area contributed by atoms with Crippen molar-refractivity contribution in [3.63, 3.8) is 0 Å². The van der Waals surface area contributed by atoms with Crippen molar-refractivity contribution in [1.82, 2.24) is 14.9 Å². The highest BCUT2D eigenvalue weighted by molar-refractivity contribution is 5.65. The summed E-state index contributed by atoms with van der Waals surface area (Å²) in [6.07, 6.45) is 2.92. The summed E-state index contributed by atoms with van der Waals surface area (Å²) in [6, 6.07) is 18.0. The molecule has 0 aliphatic carbocycles. The second-order valence-electron chi connectivity index (χ2n) is 7.11. The number of aryl methyl sites for hydroxylation is 2. The van der Waals surface area contributed by atoms with Gasteiger partial charge in [-0.1, -0.05) is 37.3 Å². The van der Waals surface area contributed by atoms with Crippen LogP contribution in [0.5, 0.6) is 5.75 Å². The van der Waals surface area contributed by atoms with Gasteiger partial charge in [-0.3, -0.25) is 4.90 Å². The number of benzene rings is 2. The van der Waals surface area contributed by atoms with Crippen LogP contribution in [0.4, 0.5) is 0 Å². The molecule has 0 spiro atoms. The van der Waals surface area contributed by atoms with Gasteiger partial charge in [0.1, 0.15) is 11.6 Å². The lowest BCUT2D eigenvalue weighted by atomic mass is 10.0. The van der Waals surface area contributed by atoms with Gasteiger partial charge in [-0.05, 0) is 49.2 Å². The van der Waals surface area contributed by atoms with Gasteiger partial charge in [0.25, 0.3) is 0 Å². The topological polar surface area (TPSA) is 49.3 Å². The summed E-state index contributed by atoms with van der Waals surface area (Å²) in [4.78, 5) is 12.2. The molecular formula is C23H25N3O. The molecule has 0 atom stereocenters. The molecule has 0 fully saturated rings. The van der Waals surface area contributed by atoms with Crippen LogP contribution >= 0.6 is 0 Å². The van der Waals surface area contributed by atoms with E-state index < -0.39 is 0 Å². The Labute approximate surface area is 160 Å². The maximum atomic E-state index is 9.65. The fourth-order valence-corrected chi connectivity index (χ4v) is 3.72. The van der Waals surface area contributed by atoms with Crippen LogP contribution in [-0.2, 0) is 25.9 Å². The van der Waals surface area contributed by atoms with Crippen LogP contribution in [0.25, 0.3) is 11.3 Å². The highest BCUT2D eigenvalue weighted by atomic mass is 16.3. The number of hydrogen-bond donors (Lipinski definition) is 1. The first-order valence-electron chi connectivity index (χ1n) is 9.67.